The summed E-state index contributed by atoms with van der Waals surface area (Å²) in [5, 5.41) is 9.22. The highest BCUT2D eigenvalue weighted by Crippen LogP contribution is 2.27. The molecule has 3 atom stereocenters. The van der Waals surface area contributed by atoms with Crippen molar-refractivity contribution in [1.82, 2.24) is 20.4 Å². The van der Waals surface area contributed by atoms with E-state index in [0.717, 1.165) is 58.3 Å². The molecule has 3 unspecified atom stereocenters. The van der Waals surface area contributed by atoms with Gasteiger partial charge in [-0.05, 0) is 64.7 Å². The molecule has 0 spiro atoms. The Morgan fingerprint density at radius 1 is 1.35 bits per heavy atom. The van der Waals surface area contributed by atoms with Gasteiger partial charge in [-0.3, -0.25) is 9.89 Å². The van der Waals surface area contributed by atoms with Crippen molar-refractivity contribution >= 4 is 41.3 Å². The van der Waals surface area contributed by atoms with Gasteiger partial charge in [-0.25, -0.2) is 0 Å². The Kier molecular flexibility index (Phi) is 15.0. The Labute approximate surface area is 211 Å². The fourth-order valence-electron chi connectivity index (χ4n) is 3.96. The highest BCUT2D eigenvalue weighted by Gasteiger charge is 2.26. The molecule has 2 heterocycles. The van der Waals surface area contributed by atoms with Crippen LogP contribution >= 0.6 is 35.3 Å². The van der Waals surface area contributed by atoms with E-state index in [1.54, 1.807) is 0 Å². The quantitative estimate of drug-likeness (QED) is 0.226. The van der Waals surface area contributed by atoms with Crippen LogP contribution in [0.15, 0.2) is 22.5 Å². The summed E-state index contributed by atoms with van der Waals surface area (Å²) in [6, 6.07) is 5.09. The van der Waals surface area contributed by atoms with Gasteiger partial charge in [0.05, 0.1) is 25.3 Å². The summed E-state index contributed by atoms with van der Waals surface area (Å²) in [7, 11) is 0. The average Bonchev–Trinajstić information content (AvgIpc) is 3.26. The van der Waals surface area contributed by atoms with Crippen molar-refractivity contribution in [2.75, 3.05) is 52.4 Å². The molecule has 1 saturated heterocycles. The molecule has 0 bridgehead atoms. The third kappa shape index (κ3) is 10.4. The second-order valence-electron chi connectivity index (χ2n) is 8.14. The lowest BCUT2D eigenvalue weighted by molar-refractivity contribution is -0.0327. The van der Waals surface area contributed by atoms with Crippen molar-refractivity contribution < 1.29 is 4.74 Å². The van der Waals surface area contributed by atoms with E-state index in [4.69, 9.17) is 9.73 Å². The number of nitrogens with zero attached hydrogens (tertiary/aromatic N) is 3. The minimum atomic E-state index is 0. The highest BCUT2D eigenvalue weighted by molar-refractivity contribution is 14.0. The summed E-state index contributed by atoms with van der Waals surface area (Å²) in [6.45, 7) is 18.8. The van der Waals surface area contributed by atoms with Gasteiger partial charge in [-0.2, -0.15) is 0 Å². The monoisotopic (exact) mass is 565 g/mol. The molecule has 180 valence electrons. The van der Waals surface area contributed by atoms with E-state index in [2.05, 4.69) is 72.6 Å². The molecule has 1 aliphatic heterocycles. The van der Waals surface area contributed by atoms with E-state index in [-0.39, 0.29) is 30.1 Å². The fourth-order valence-corrected chi connectivity index (χ4v) is 4.81. The van der Waals surface area contributed by atoms with Crippen LogP contribution in [0.2, 0.25) is 0 Å². The Hall–Kier alpha value is -0.420. The predicted octanol–water partition coefficient (Wildman–Crippen LogP) is 4.19. The maximum absolute atomic E-state index is 5.76. The van der Waals surface area contributed by atoms with E-state index in [1.165, 1.54) is 17.8 Å². The molecular formula is C23H44IN5OS. The molecule has 1 fully saturated rings. The lowest BCUT2D eigenvalue weighted by Crippen LogP contribution is -2.45. The van der Waals surface area contributed by atoms with Gasteiger partial charge in [-0.1, -0.05) is 19.9 Å². The third-order valence-corrected chi connectivity index (χ3v) is 6.71. The zero-order valence-electron chi connectivity index (χ0n) is 20.1. The number of morpholine rings is 1. The number of hydrogen-bond donors (Lipinski definition) is 2. The summed E-state index contributed by atoms with van der Waals surface area (Å²) >= 11 is 1.83. The van der Waals surface area contributed by atoms with Crippen LogP contribution in [-0.4, -0.2) is 80.3 Å². The molecule has 0 aliphatic carbocycles. The number of halogens is 1. The second kappa shape index (κ2) is 16.2. The number of thiophene rings is 1. The molecule has 31 heavy (non-hydrogen) atoms. The molecular weight excluding hydrogens is 521 g/mol. The molecule has 0 radical (unpaired) electrons. The molecule has 1 aromatic rings. The van der Waals surface area contributed by atoms with Gasteiger partial charge in [0.15, 0.2) is 5.96 Å². The second-order valence-corrected chi connectivity index (χ2v) is 9.12. The first-order valence-electron chi connectivity index (χ1n) is 11.7. The highest BCUT2D eigenvalue weighted by atomic mass is 127. The van der Waals surface area contributed by atoms with E-state index in [1.807, 2.05) is 11.3 Å². The number of hydrogen-bond acceptors (Lipinski definition) is 5. The van der Waals surface area contributed by atoms with Crippen LogP contribution in [0.4, 0.5) is 0 Å². The fraction of sp³-hybridized carbons (Fsp3) is 0.783. The van der Waals surface area contributed by atoms with Crippen LogP contribution in [0.3, 0.4) is 0 Å². The standard InChI is InChI=1S/C23H43N5OS.HI/c1-6-24-23(26-19(4)11-9-13-27(7-2)8-3)25-17-21(22-12-10-16-30-22)28-14-15-29-20(5)18-28;/h10,12,16,19-21H,6-9,11,13-15,17-18H2,1-5H3,(H2,24,25,26);1H. The maximum Gasteiger partial charge on any atom is 0.191 e. The summed E-state index contributed by atoms with van der Waals surface area (Å²) in [5.74, 6) is 0.927. The number of nitrogens with one attached hydrogen (secondary N) is 2. The predicted molar refractivity (Wildman–Crippen MR) is 145 cm³/mol. The van der Waals surface area contributed by atoms with Gasteiger partial charge in [0.2, 0.25) is 0 Å². The van der Waals surface area contributed by atoms with Crippen LogP contribution < -0.4 is 10.6 Å². The van der Waals surface area contributed by atoms with Crippen molar-refractivity contribution in [3.8, 4) is 0 Å². The van der Waals surface area contributed by atoms with Crippen molar-refractivity contribution in [3.05, 3.63) is 22.4 Å². The summed E-state index contributed by atoms with van der Waals surface area (Å²) in [6.07, 6.45) is 2.64. The Bertz CT molecular complexity index is 597. The Balaban J connectivity index is 0.00000480. The first-order chi connectivity index (χ1) is 14.6. The summed E-state index contributed by atoms with van der Waals surface area (Å²) < 4.78 is 5.76. The number of guanidine groups is 1. The van der Waals surface area contributed by atoms with Gasteiger partial charge in [-0.15, -0.1) is 35.3 Å². The zero-order valence-corrected chi connectivity index (χ0v) is 23.2. The van der Waals surface area contributed by atoms with Gasteiger partial charge in [0.1, 0.15) is 0 Å². The first-order valence-corrected chi connectivity index (χ1v) is 12.6. The summed E-state index contributed by atoms with van der Waals surface area (Å²) in [5.41, 5.74) is 0. The molecule has 1 aliphatic rings. The molecule has 0 amide bonds. The molecule has 0 aromatic carbocycles. The molecule has 0 saturated carbocycles. The van der Waals surface area contributed by atoms with E-state index < -0.39 is 0 Å². The third-order valence-electron chi connectivity index (χ3n) is 5.74. The van der Waals surface area contributed by atoms with Gasteiger partial charge in [0, 0.05) is 30.6 Å². The van der Waals surface area contributed by atoms with Crippen LogP contribution in [0.5, 0.6) is 0 Å². The molecule has 2 N–H and O–H groups in total. The Morgan fingerprint density at radius 3 is 2.74 bits per heavy atom. The maximum atomic E-state index is 5.76. The number of aliphatic imine (C=N–C) groups is 1. The topological polar surface area (TPSA) is 52.1 Å². The van der Waals surface area contributed by atoms with Crippen molar-refractivity contribution in [1.29, 1.82) is 0 Å². The smallest absolute Gasteiger partial charge is 0.191 e. The molecule has 6 nitrogen and oxygen atoms in total. The molecule has 1 aromatic heterocycles. The lowest BCUT2D eigenvalue weighted by atomic mass is 10.1. The minimum Gasteiger partial charge on any atom is -0.376 e. The van der Waals surface area contributed by atoms with Crippen LogP contribution in [0.1, 0.15) is 58.4 Å². The normalized spacial score (nSPS) is 19.7. The number of ether oxygens (including phenoxy) is 1. The Morgan fingerprint density at radius 2 is 2.13 bits per heavy atom. The summed E-state index contributed by atoms with van der Waals surface area (Å²) in [4.78, 5) is 11.4. The van der Waals surface area contributed by atoms with E-state index >= 15 is 0 Å². The van der Waals surface area contributed by atoms with Gasteiger partial charge >= 0.3 is 0 Å². The lowest BCUT2D eigenvalue weighted by Gasteiger charge is -2.36. The number of rotatable bonds is 12. The zero-order chi connectivity index (χ0) is 21.8. The first kappa shape index (κ1) is 28.6. The van der Waals surface area contributed by atoms with Crippen molar-refractivity contribution in [2.45, 2.75) is 65.6 Å². The largest absolute Gasteiger partial charge is 0.376 e. The molecule has 8 heteroatoms. The van der Waals surface area contributed by atoms with Crippen LogP contribution in [0, 0.1) is 0 Å². The van der Waals surface area contributed by atoms with Crippen molar-refractivity contribution in [3.63, 3.8) is 0 Å². The van der Waals surface area contributed by atoms with Gasteiger partial charge < -0.3 is 20.3 Å². The van der Waals surface area contributed by atoms with Gasteiger partial charge in [0.25, 0.3) is 0 Å². The van der Waals surface area contributed by atoms with E-state index in [9.17, 15) is 0 Å². The van der Waals surface area contributed by atoms with E-state index in [0.29, 0.717) is 12.1 Å². The van der Waals surface area contributed by atoms with Crippen LogP contribution in [-0.2, 0) is 4.74 Å². The molecule has 2 rings (SSSR count). The minimum absolute atomic E-state index is 0. The average molecular weight is 566 g/mol. The van der Waals surface area contributed by atoms with Crippen LogP contribution in [0.25, 0.3) is 0 Å². The SMILES string of the molecule is CCNC(=NCC(c1cccs1)N1CCOC(C)C1)NC(C)CCCN(CC)CC.I. The van der Waals surface area contributed by atoms with Crippen molar-refractivity contribution in [2.24, 2.45) is 4.99 Å².